The average Bonchev–Trinajstić information content (AvgIpc) is 2.76. The van der Waals surface area contributed by atoms with Crippen molar-refractivity contribution < 1.29 is 19.4 Å². The van der Waals surface area contributed by atoms with Crippen molar-refractivity contribution in [3.8, 4) is 0 Å². The Balaban J connectivity index is 1.57. The van der Waals surface area contributed by atoms with Gasteiger partial charge in [-0.3, -0.25) is 19.0 Å². The molecule has 3 aromatic rings. The molecule has 9 heteroatoms. The number of anilines is 1. The number of aryl methyl sites for hydroxylation is 1. The molecule has 0 aliphatic carbocycles. The maximum atomic E-state index is 13.4. The number of piperidine rings is 1. The molecule has 2 aromatic carbocycles. The number of hydrogen-bond donors (Lipinski definition) is 3. The van der Waals surface area contributed by atoms with Crippen LogP contribution in [-0.4, -0.2) is 39.3 Å². The van der Waals surface area contributed by atoms with E-state index in [4.69, 9.17) is 4.74 Å². The standard InChI is InChI=1S/C23H24N4O5/c1-14-24-16-8-5-9-17(25-20(29)13-32-12-15-6-3-2-4-7-15)21(16)23(31)27(14)18-10-11-19(28)26-22(18)30/h2-9,18,22,30H,10-13H2,1H3,(H,25,29)(H,26,28). The van der Waals surface area contributed by atoms with E-state index in [1.54, 1.807) is 25.1 Å². The van der Waals surface area contributed by atoms with Gasteiger partial charge in [0.2, 0.25) is 11.8 Å². The average molecular weight is 436 g/mol. The number of aliphatic hydroxyl groups is 1. The topological polar surface area (TPSA) is 123 Å². The van der Waals surface area contributed by atoms with E-state index < -0.39 is 23.7 Å². The lowest BCUT2D eigenvalue weighted by Gasteiger charge is -2.31. The molecule has 1 aliphatic heterocycles. The summed E-state index contributed by atoms with van der Waals surface area (Å²) in [4.78, 5) is 41.9. The fraction of sp³-hybridized carbons (Fsp3) is 0.304. The lowest BCUT2D eigenvalue weighted by atomic mass is 10.0. The van der Waals surface area contributed by atoms with Crippen molar-refractivity contribution in [3.05, 3.63) is 70.3 Å². The van der Waals surface area contributed by atoms with Gasteiger partial charge in [-0.2, -0.15) is 0 Å². The monoisotopic (exact) mass is 436 g/mol. The van der Waals surface area contributed by atoms with Crippen LogP contribution in [0.4, 0.5) is 5.69 Å². The number of benzene rings is 2. The highest BCUT2D eigenvalue weighted by Crippen LogP contribution is 2.24. The zero-order chi connectivity index (χ0) is 22.7. The minimum absolute atomic E-state index is 0.174. The number of ether oxygens (including phenoxy) is 1. The molecule has 2 unspecified atom stereocenters. The molecule has 166 valence electrons. The molecule has 2 heterocycles. The number of fused-ring (bicyclic) bond motifs is 1. The van der Waals surface area contributed by atoms with E-state index >= 15 is 0 Å². The van der Waals surface area contributed by atoms with Crippen molar-refractivity contribution in [2.45, 2.75) is 38.6 Å². The minimum Gasteiger partial charge on any atom is -0.372 e. The summed E-state index contributed by atoms with van der Waals surface area (Å²) in [6, 6.07) is 13.9. The molecule has 0 radical (unpaired) electrons. The second-order valence-electron chi connectivity index (χ2n) is 7.68. The van der Waals surface area contributed by atoms with Gasteiger partial charge in [-0.05, 0) is 31.0 Å². The predicted octanol–water partition coefficient (Wildman–Crippen LogP) is 1.63. The Morgan fingerprint density at radius 1 is 1.22 bits per heavy atom. The quantitative estimate of drug-likeness (QED) is 0.540. The molecule has 1 saturated heterocycles. The molecular weight excluding hydrogens is 412 g/mol. The van der Waals surface area contributed by atoms with Gasteiger partial charge in [0.05, 0.1) is 29.2 Å². The third kappa shape index (κ3) is 4.53. The van der Waals surface area contributed by atoms with Crippen LogP contribution >= 0.6 is 0 Å². The molecule has 1 aromatic heterocycles. The van der Waals surface area contributed by atoms with E-state index in [2.05, 4.69) is 15.6 Å². The number of nitrogens with one attached hydrogen (secondary N) is 2. The third-order valence-electron chi connectivity index (χ3n) is 5.40. The molecular formula is C23H24N4O5. The third-order valence-corrected chi connectivity index (χ3v) is 5.40. The Bertz CT molecular complexity index is 1210. The van der Waals surface area contributed by atoms with E-state index in [0.29, 0.717) is 30.1 Å². The number of amides is 2. The first kappa shape index (κ1) is 21.7. The van der Waals surface area contributed by atoms with Crippen LogP contribution in [0.2, 0.25) is 0 Å². The van der Waals surface area contributed by atoms with Gasteiger partial charge in [-0.1, -0.05) is 36.4 Å². The number of rotatable bonds is 6. The Kier molecular flexibility index (Phi) is 6.29. The SMILES string of the molecule is Cc1nc2cccc(NC(=O)COCc3ccccc3)c2c(=O)n1C1CCC(=O)NC1O. The number of nitrogens with zero attached hydrogens (tertiary/aromatic N) is 2. The fourth-order valence-electron chi connectivity index (χ4n) is 3.91. The highest BCUT2D eigenvalue weighted by molar-refractivity contribution is 6.01. The predicted molar refractivity (Wildman–Crippen MR) is 118 cm³/mol. The van der Waals surface area contributed by atoms with Gasteiger partial charge in [0, 0.05) is 6.42 Å². The summed E-state index contributed by atoms with van der Waals surface area (Å²) in [7, 11) is 0. The normalized spacial score (nSPS) is 18.4. The summed E-state index contributed by atoms with van der Waals surface area (Å²) in [6.45, 7) is 1.79. The van der Waals surface area contributed by atoms with Crippen LogP contribution in [0.15, 0.2) is 53.3 Å². The second-order valence-corrected chi connectivity index (χ2v) is 7.68. The molecule has 2 amide bonds. The molecule has 9 nitrogen and oxygen atoms in total. The van der Waals surface area contributed by atoms with Gasteiger partial charge in [0.1, 0.15) is 18.7 Å². The van der Waals surface area contributed by atoms with Crippen molar-refractivity contribution in [1.82, 2.24) is 14.9 Å². The lowest BCUT2D eigenvalue weighted by molar-refractivity contribution is -0.128. The highest BCUT2D eigenvalue weighted by atomic mass is 16.5. The van der Waals surface area contributed by atoms with Crippen LogP contribution < -0.4 is 16.2 Å². The van der Waals surface area contributed by atoms with Gasteiger partial charge < -0.3 is 20.5 Å². The summed E-state index contributed by atoms with van der Waals surface area (Å²) in [5.74, 6) is -0.251. The number of hydrogen-bond acceptors (Lipinski definition) is 6. The number of carbonyl (C=O) groups excluding carboxylic acids is 2. The van der Waals surface area contributed by atoms with Crippen LogP contribution in [0.3, 0.4) is 0 Å². The first-order valence-electron chi connectivity index (χ1n) is 10.3. The van der Waals surface area contributed by atoms with E-state index in [1.807, 2.05) is 30.3 Å². The van der Waals surface area contributed by atoms with Crippen LogP contribution in [0, 0.1) is 6.92 Å². The molecule has 2 atom stereocenters. The van der Waals surface area contributed by atoms with Crippen molar-refractivity contribution in [2.24, 2.45) is 0 Å². The number of aromatic nitrogens is 2. The van der Waals surface area contributed by atoms with E-state index in [0.717, 1.165) is 5.56 Å². The molecule has 0 saturated carbocycles. The molecule has 0 spiro atoms. The zero-order valence-electron chi connectivity index (χ0n) is 17.6. The molecule has 0 bridgehead atoms. The van der Waals surface area contributed by atoms with E-state index in [9.17, 15) is 19.5 Å². The highest BCUT2D eigenvalue weighted by Gasteiger charge is 2.31. The summed E-state index contributed by atoms with van der Waals surface area (Å²) >= 11 is 0. The Labute approximate surface area is 184 Å². The van der Waals surface area contributed by atoms with Gasteiger partial charge in [0.25, 0.3) is 5.56 Å². The summed E-state index contributed by atoms with van der Waals surface area (Å²) < 4.78 is 6.86. The fourth-order valence-corrected chi connectivity index (χ4v) is 3.91. The summed E-state index contributed by atoms with van der Waals surface area (Å²) in [6.07, 6.45) is -0.689. The Morgan fingerprint density at radius 3 is 2.75 bits per heavy atom. The Hall–Kier alpha value is -3.56. The smallest absolute Gasteiger partial charge is 0.263 e. The van der Waals surface area contributed by atoms with Crippen molar-refractivity contribution in [1.29, 1.82) is 0 Å². The lowest BCUT2D eigenvalue weighted by Crippen LogP contribution is -2.48. The van der Waals surface area contributed by atoms with Crippen LogP contribution in [0.1, 0.15) is 30.3 Å². The second kappa shape index (κ2) is 9.29. The maximum absolute atomic E-state index is 13.4. The molecule has 1 fully saturated rings. The van der Waals surface area contributed by atoms with E-state index in [1.165, 1.54) is 4.57 Å². The molecule has 4 rings (SSSR count). The number of aliphatic hydroxyl groups excluding tert-OH is 1. The first-order valence-corrected chi connectivity index (χ1v) is 10.3. The van der Waals surface area contributed by atoms with Gasteiger partial charge in [0.15, 0.2) is 0 Å². The van der Waals surface area contributed by atoms with Crippen LogP contribution in [0.25, 0.3) is 10.9 Å². The molecule has 1 aliphatic rings. The van der Waals surface area contributed by atoms with Crippen molar-refractivity contribution in [2.75, 3.05) is 11.9 Å². The summed E-state index contributed by atoms with van der Waals surface area (Å²) in [5.41, 5.74) is 1.30. The van der Waals surface area contributed by atoms with Gasteiger partial charge in [-0.15, -0.1) is 0 Å². The maximum Gasteiger partial charge on any atom is 0.263 e. The number of carbonyl (C=O) groups is 2. The summed E-state index contributed by atoms with van der Waals surface area (Å²) in [5, 5.41) is 15.7. The van der Waals surface area contributed by atoms with Crippen molar-refractivity contribution >= 4 is 28.4 Å². The van der Waals surface area contributed by atoms with Crippen molar-refractivity contribution in [3.63, 3.8) is 0 Å². The minimum atomic E-state index is -1.19. The van der Waals surface area contributed by atoms with Gasteiger partial charge >= 0.3 is 0 Å². The van der Waals surface area contributed by atoms with Crippen LogP contribution in [0.5, 0.6) is 0 Å². The van der Waals surface area contributed by atoms with E-state index in [-0.39, 0.29) is 24.3 Å². The zero-order valence-corrected chi connectivity index (χ0v) is 17.6. The van der Waals surface area contributed by atoms with Gasteiger partial charge in [-0.25, -0.2) is 4.98 Å². The molecule has 3 N–H and O–H groups in total. The van der Waals surface area contributed by atoms with Crippen LogP contribution in [-0.2, 0) is 20.9 Å². The molecule has 32 heavy (non-hydrogen) atoms. The largest absolute Gasteiger partial charge is 0.372 e. The Morgan fingerprint density at radius 2 is 2.00 bits per heavy atom. The first-order chi connectivity index (χ1) is 15.4.